The van der Waals surface area contributed by atoms with Gasteiger partial charge < -0.3 is 8.98 Å². The predicted octanol–water partition coefficient (Wildman–Crippen LogP) is 14.4. The van der Waals surface area contributed by atoms with Crippen LogP contribution in [0.25, 0.3) is 117 Å². The van der Waals surface area contributed by atoms with Crippen molar-refractivity contribution in [2.24, 2.45) is 0 Å². The van der Waals surface area contributed by atoms with E-state index in [1.807, 2.05) is 60.7 Å². The maximum absolute atomic E-state index is 6.90. The normalized spacial score (nSPS) is 11.7. The Bertz CT molecular complexity index is 3420. The molecule has 0 saturated heterocycles. The molecule has 0 saturated carbocycles. The van der Waals surface area contributed by atoms with Gasteiger partial charge in [-0.25, -0.2) is 15.0 Å². The van der Waals surface area contributed by atoms with E-state index >= 15 is 0 Å². The Morgan fingerprint density at radius 1 is 0.350 bits per heavy atom. The zero-order valence-electron chi connectivity index (χ0n) is 32.3. The molecule has 3 aromatic heterocycles. The Labute approximate surface area is 345 Å². The second-order valence-electron chi connectivity index (χ2n) is 15.2. The van der Waals surface area contributed by atoms with Crippen molar-refractivity contribution in [2.75, 3.05) is 0 Å². The van der Waals surface area contributed by atoms with E-state index in [0.717, 1.165) is 66.1 Å². The molecule has 280 valence electrons. The van der Waals surface area contributed by atoms with Crippen LogP contribution in [0.15, 0.2) is 211 Å². The summed E-state index contributed by atoms with van der Waals surface area (Å²) in [4.78, 5) is 15.2. The summed E-state index contributed by atoms with van der Waals surface area (Å²) in [6.45, 7) is 0. The molecule has 0 N–H and O–H groups in total. The Hall–Kier alpha value is -8.15. The van der Waals surface area contributed by atoms with Crippen molar-refractivity contribution in [2.45, 2.75) is 0 Å². The molecular formula is C55H34N4O. The van der Waals surface area contributed by atoms with Crippen LogP contribution in [-0.2, 0) is 0 Å². The van der Waals surface area contributed by atoms with Gasteiger partial charge in [0, 0.05) is 38.4 Å². The summed E-state index contributed by atoms with van der Waals surface area (Å²) in [5, 5.41) is 6.64. The quantitative estimate of drug-likeness (QED) is 0.169. The highest BCUT2D eigenvalue weighted by atomic mass is 16.3. The Balaban J connectivity index is 1.10. The monoisotopic (exact) mass is 766 g/mol. The van der Waals surface area contributed by atoms with Gasteiger partial charge in [-0.15, -0.1) is 0 Å². The molecule has 12 rings (SSSR count). The first-order valence-corrected chi connectivity index (χ1v) is 20.2. The minimum absolute atomic E-state index is 0.559. The van der Waals surface area contributed by atoms with Crippen LogP contribution in [0, 0.1) is 0 Å². The summed E-state index contributed by atoms with van der Waals surface area (Å²) >= 11 is 0. The van der Waals surface area contributed by atoms with Gasteiger partial charge in [-0.3, -0.25) is 0 Å². The van der Waals surface area contributed by atoms with Gasteiger partial charge in [0.05, 0.1) is 16.6 Å². The van der Waals surface area contributed by atoms with E-state index in [0.29, 0.717) is 17.5 Å². The summed E-state index contributed by atoms with van der Waals surface area (Å²) in [7, 11) is 0. The number of furan rings is 1. The van der Waals surface area contributed by atoms with Gasteiger partial charge in [0.15, 0.2) is 17.5 Å². The minimum atomic E-state index is 0.559. The van der Waals surface area contributed by atoms with Crippen molar-refractivity contribution in [3.8, 4) is 62.1 Å². The number of benzene rings is 9. The third-order valence-corrected chi connectivity index (χ3v) is 11.6. The van der Waals surface area contributed by atoms with Crippen LogP contribution in [-0.4, -0.2) is 19.5 Å². The first kappa shape index (κ1) is 33.9. The molecule has 0 bridgehead atoms. The summed E-state index contributed by atoms with van der Waals surface area (Å²) in [6, 6.07) is 72.3. The van der Waals surface area contributed by atoms with E-state index in [2.05, 4.69) is 150 Å². The first-order chi connectivity index (χ1) is 29.7. The fourth-order valence-electron chi connectivity index (χ4n) is 8.77. The van der Waals surface area contributed by atoms with Crippen LogP contribution in [0.1, 0.15) is 0 Å². The van der Waals surface area contributed by atoms with Crippen molar-refractivity contribution in [1.29, 1.82) is 0 Å². The molecule has 3 heterocycles. The van der Waals surface area contributed by atoms with Crippen LogP contribution in [0.5, 0.6) is 0 Å². The highest BCUT2D eigenvalue weighted by Crippen LogP contribution is 2.43. The van der Waals surface area contributed by atoms with Crippen LogP contribution in [0.2, 0.25) is 0 Å². The van der Waals surface area contributed by atoms with Gasteiger partial charge in [0.1, 0.15) is 11.2 Å². The number of fused-ring (bicyclic) bond motifs is 8. The molecule has 0 atom stereocenters. The SMILES string of the molecule is c1ccc(-c2ccc3c(c2)c2cc(-c4ccccc4)ccc2n3-c2ccc3oc4c(-c5nc(-c6ccccc6)nc(-c6ccccc6)n5)cc5ccccc5c4c3c2)cc1. The standard InChI is InChI=1S/C55H34N4O/c1-5-15-35(16-6-1)39-25-28-48-44(31-39)45-32-40(36-17-7-2-8-18-36)26-29-49(45)59(48)42-27-30-50-46(34-42)51-43-24-14-13-23-41(43)33-47(52(51)60-50)55-57-53(37-19-9-3-10-20-37)56-54(58-55)38-21-11-4-12-22-38/h1-34H. The maximum Gasteiger partial charge on any atom is 0.167 e. The lowest BCUT2D eigenvalue weighted by molar-refractivity contribution is 0.669. The van der Waals surface area contributed by atoms with E-state index in [1.54, 1.807) is 0 Å². The molecule has 5 heteroatoms. The lowest BCUT2D eigenvalue weighted by Crippen LogP contribution is -2.00. The van der Waals surface area contributed by atoms with Gasteiger partial charge in [0.2, 0.25) is 0 Å². The van der Waals surface area contributed by atoms with Crippen LogP contribution in [0.4, 0.5) is 0 Å². The lowest BCUT2D eigenvalue weighted by atomic mass is 9.99. The molecule has 9 aromatic carbocycles. The van der Waals surface area contributed by atoms with Gasteiger partial charge >= 0.3 is 0 Å². The number of hydrogen-bond donors (Lipinski definition) is 0. The molecule has 12 aromatic rings. The van der Waals surface area contributed by atoms with E-state index in [9.17, 15) is 0 Å². The lowest BCUT2D eigenvalue weighted by Gasteiger charge is -2.10. The molecule has 0 spiro atoms. The Morgan fingerprint density at radius 3 is 1.42 bits per heavy atom. The van der Waals surface area contributed by atoms with Gasteiger partial charge in [-0.1, -0.05) is 158 Å². The third-order valence-electron chi connectivity index (χ3n) is 11.6. The fraction of sp³-hybridized carbons (Fsp3) is 0. The van der Waals surface area contributed by atoms with Crippen molar-refractivity contribution >= 4 is 54.5 Å². The number of aromatic nitrogens is 4. The predicted molar refractivity (Wildman–Crippen MR) is 246 cm³/mol. The first-order valence-electron chi connectivity index (χ1n) is 20.2. The van der Waals surface area contributed by atoms with Crippen molar-refractivity contribution in [3.05, 3.63) is 206 Å². The zero-order valence-corrected chi connectivity index (χ0v) is 32.3. The molecule has 0 fully saturated rings. The topological polar surface area (TPSA) is 56.7 Å². The largest absolute Gasteiger partial charge is 0.455 e. The van der Waals surface area contributed by atoms with Crippen molar-refractivity contribution < 1.29 is 4.42 Å². The van der Waals surface area contributed by atoms with E-state index in [1.165, 1.54) is 33.0 Å². The number of hydrogen-bond acceptors (Lipinski definition) is 4. The van der Waals surface area contributed by atoms with Crippen LogP contribution >= 0.6 is 0 Å². The Morgan fingerprint density at radius 2 is 0.850 bits per heavy atom. The zero-order chi connectivity index (χ0) is 39.6. The third kappa shape index (κ3) is 5.59. The summed E-state index contributed by atoms with van der Waals surface area (Å²) < 4.78 is 9.30. The molecule has 0 aliphatic carbocycles. The van der Waals surface area contributed by atoms with E-state index in [-0.39, 0.29) is 0 Å². The average molecular weight is 767 g/mol. The molecule has 0 amide bonds. The van der Waals surface area contributed by atoms with E-state index < -0.39 is 0 Å². The van der Waals surface area contributed by atoms with Gasteiger partial charge in [-0.05, 0) is 81.6 Å². The summed E-state index contributed by atoms with van der Waals surface area (Å²) in [6.07, 6.45) is 0. The molecule has 0 aliphatic rings. The maximum atomic E-state index is 6.90. The smallest absolute Gasteiger partial charge is 0.167 e. The molecule has 60 heavy (non-hydrogen) atoms. The fourth-order valence-corrected chi connectivity index (χ4v) is 8.77. The summed E-state index contributed by atoms with van der Waals surface area (Å²) in [5.74, 6) is 1.77. The Kier molecular flexibility index (Phi) is 7.78. The number of nitrogens with zero attached hydrogens (tertiary/aromatic N) is 4. The molecule has 0 aliphatic heterocycles. The summed E-state index contributed by atoms with van der Waals surface area (Å²) in [5.41, 5.74) is 12.3. The highest BCUT2D eigenvalue weighted by molar-refractivity contribution is 6.23. The number of rotatable bonds is 6. The highest BCUT2D eigenvalue weighted by Gasteiger charge is 2.22. The second-order valence-corrected chi connectivity index (χ2v) is 15.2. The second kappa shape index (κ2) is 13.8. The van der Waals surface area contributed by atoms with Crippen molar-refractivity contribution in [1.82, 2.24) is 19.5 Å². The molecular weight excluding hydrogens is 733 g/mol. The minimum Gasteiger partial charge on any atom is -0.455 e. The molecule has 0 radical (unpaired) electrons. The van der Waals surface area contributed by atoms with Crippen LogP contribution in [0.3, 0.4) is 0 Å². The van der Waals surface area contributed by atoms with Crippen LogP contribution < -0.4 is 0 Å². The van der Waals surface area contributed by atoms with Crippen molar-refractivity contribution in [3.63, 3.8) is 0 Å². The van der Waals surface area contributed by atoms with Gasteiger partial charge in [0.25, 0.3) is 0 Å². The van der Waals surface area contributed by atoms with Gasteiger partial charge in [-0.2, -0.15) is 0 Å². The van der Waals surface area contributed by atoms with E-state index in [4.69, 9.17) is 19.4 Å². The average Bonchev–Trinajstić information content (AvgIpc) is 3.87. The molecule has 5 nitrogen and oxygen atoms in total. The molecule has 0 unspecified atom stereocenters.